The van der Waals surface area contributed by atoms with Gasteiger partial charge in [-0.2, -0.15) is 0 Å². The summed E-state index contributed by atoms with van der Waals surface area (Å²) in [7, 11) is 8.53. The van der Waals surface area contributed by atoms with Crippen LogP contribution in [0.3, 0.4) is 0 Å². The normalized spacial score (nSPS) is 19.7. The van der Waals surface area contributed by atoms with Gasteiger partial charge in [0.05, 0.1) is 0 Å². The van der Waals surface area contributed by atoms with E-state index in [4.69, 9.17) is 10.5 Å². The predicted molar refractivity (Wildman–Crippen MR) is 156 cm³/mol. The summed E-state index contributed by atoms with van der Waals surface area (Å²) in [5.74, 6) is 0. The van der Waals surface area contributed by atoms with Crippen molar-refractivity contribution in [1.29, 1.82) is 0 Å². The fraction of sp³-hybridized carbons (Fsp3) is 0.552. The van der Waals surface area contributed by atoms with E-state index in [1.807, 2.05) is 51.1 Å². The highest BCUT2D eigenvalue weighted by Gasteiger charge is 2.25. The first-order valence-electron chi connectivity index (χ1n) is 13.2. The number of nitrogens with zero attached hydrogens (tertiary/aromatic N) is 4. The van der Waals surface area contributed by atoms with Gasteiger partial charge in [0.15, 0.2) is 0 Å². The lowest BCUT2D eigenvalue weighted by Gasteiger charge is -2.23. The van der Waals surface area contributed by atoms with Crippen molar-refractivity contribution < 1.29 is 9.53 Å². The summed E-state index contributed by atoms with van der Waals surface area (Å²) in [6.45, 7) is 9.86. The van der Waals surface area contributed by atoms with E-state index in [1.165, 1.54) is 12.1 Å². The van der Waals surface area contributed by atoms with Crippen molar-refractivity contribution in [2.45, 2.75) is 51.3 Å². The summed E-state index contributed by atoms with van der Waals surface area (Å²) < 4.78 is 5.29. The van der Waals surface area contributed by atoms with E-state index in [2.05, 4.69) is 71.3 Å². The van der Waals surface area contributed by atoms with Crippen molar-refractivity contribution in [1.82, 2.24) is 9.80 Å². The van der Waals surface area contributed by atoms with Crippen molar-refractivity contribution in [2.24, 2.45) is 0 Å². The first kappa shape index (κ1) is 28.6. The summed E-state index contributed by atoms with van der Waals surface area (Å²) in [5, 5.41) is 2.80. The van der Waals surface area contributed by atoms with E-state index < -0.39 is 11.7 Å². The summed E-state index contributed by atoms with van der Waals surface area (Å²) in [4.78, 5) is 21.2. The first-order valence-corrected chi connectivity index (χ1v) is 13.2. The van der Waals surface area contributed by atoms with Gasteiger partial charge in [0.25, 0.3) is 0 Å². The van der Waals surface area contributed by atoms with Crippen LogP contribution in [0.4, 0.5) is 27.5 Å². The number of nitrogen functional groups attached to an aromatic ring is 1. The lowest BCUT2D eigenvalue weighted by atomic mass is 10.2. The molecule has 2 aromatic rings. The maximum atomic E-state index is 11.8. The topological polar surface area (TPSA) is 77.3 Å². The second-order valence-electron chi connectivity index (χ2n) is 11.5. The Morgan fingerprint density at radius 2 is 1.41 bits per heavy atom. The molecule has 2 heterocycles. The molecule has 204 valence electrons. The molecule has 2 aliphatic rings. The van der Waals surface area contributed by atoms with Crippen LogP contribution in [0.15, 0.2) is 48.5 Å². The minimum Gasteiger partial charge on any atom is -0.444 e. The number of hydrogen-bond acceptors (Lipinski definition) is 7. The van der Waals surface area contributed by atoms with Crippen LogP contribution >= 0.6 is 0 Å². The smallest absolute Gasteiger partial charge is 0.412 e. The molecule has 2 unspecified atom stereocenters. The average molecular weight is 511 g/mol. The average Bonchev–Trinajstić information content (AvgIpc) is 3.49. The van der Waals surface area contributed by atoms with Crippen LogP contribution in [0.5, 0.6) is 0 Å². The second-order valence-corrected chi connectivity index (χ2v) is 11.5. The van der Waals surface area contributed by atoms with Crippen LogP contribution in [0.1, 0.15) is 33.6 Å². The molecule has 8 nitrogen and oxygen atoms in total. The molecule has 0 spiro atoms. The van der Waals surface area contributed by atoms with Crippen molar-refractivity contribution in [2.75, 3.05) is 75.2 Å². The molecule has 8 heteroatoms. The Kier molecular flexibility index (Phi) is 9.68. The summed E-state index contributed by atoms with van der Waals surface area (Å²) in [5.41, 5.74) is 9.29. The molecule has 0 saturated carbocycles. The fourth-order valence-corrected chi connectivity index (χ4v) is 4.72. The van der Waals surface area contributed by atoms with E-state index in [0.717, 1.165) is 49.7 Å². The second kappa shape index (κ2) is 12.5. The number of likely N-dealkylation sites (N-methyl/N-ethyl adjacent to an activating group) is 2. The van der Waals surface area contributed by atoms with E-state index in [1.54, 1.807) is 0 Å². The van der Waals surface area contributed by atoms with Crippen molar-refractivity contribution >= 4 is 28.8 Å². The Morgan fingerprint density at radius 1 is 0.892 bits per heavy atom. The molecule has 4 rings (SSSR count). The molecule has 2 saturated heterocycles. The number of ether oxygens (including phenoxy) is 1. The van der Waals surface area contributed by atoms with Gasteiger partial charge in [0.2, 0.25) is 0 Å². The minimum atomic E-state index is -0.490. The van der Waals surface area contributed by atoms with Gasteiger partial charge in [-0.05, 0) is 98.2 Å². The monoisotopic (exact) mass is 510 g/mol. The Morgan fingerprint density at radius 3 is 1.86 bits per heavy atom. The van der Waals surface area contributed by atoms with Crippen LogP contribution in [-0.2, 0) is 4.74 Å². The fourth-order valence-electron chi connectivity index (χ4n) is 4.72. The van der Waals surface area contributed by atoms with E-state index in [-0.39, 0.29) is 0 Å². The third kappa shape index (κ3) is 8.83. The number of carbonyl (C=O) groups is 1. The van der Waals surface area contributed by atoms with Crippen LogP contribution in [0, 0.1) is 0 Å². The quantitative estimate of drug-likeness (QED) is 0.570. The zero-order valence-electron chi connectivity index (χ0n) is 23.7. The summed E-state index contributed by atoms with van der Waals surface area (Å²) >= 11 is 0. The Hall–Kier alpha value is -2.97. The number of carbonyl (C=O) groups excluding carboxylic acids is 1. The molecule has 2 aliphatic heterocycles. The zero-order valence-corrected chi connectivity index (χ0v) is 23.7. The van der Waals surface area contributed by atoms with Gasteiger partial charge in [-0.1, -0.05) is 12.1 Å². The lowest BCUT2D eigenvalue weighted by Crippen LogP contribution is -2.31. The van der Waals surface area contributed by atoms with E-state index in [0.29, 0.717) is 12.1 Å². The third-order valence-electron chi connectivity index (χ3n) is 6.88. The maximum Gasteiger partial charge on any atom is 0.412 e. The standard InChI is InChI=1S/C17H27N3O2.C12H19N3/c1-17(2,3)22-16(21)18-13-7-6-8-14(11-13)20-10-9-15(12-20)19(4)5;1-14(2)12-6-7-15(9-12)11-5-3-4-10(13)8-11/h6-8,11,15H,9-10,12H2,1-5H3,(H,18,21);3-5,8,12H,6-7,9,13H2,1-2H3. The Bertz CT molecular complexity index is 1020. The molecule has 2 aromatic carbocycles. The molecule has 0 aliphatic carbocycles. The number of nitrogens with two attached hydrogens (primary N) is 1. The van der Waals surface area contributed by atoms with Crippen molar-refractivity contribution in [3.63, 3.8) is 0 Å². The number of nitrogens with one attached hydrogen (secondary N) is 1. The van der Waals surface area contributed by atoms with Gasteiger partial charge in [0.1, 0.15) is 5.60 Å². The number of benzene rings is 2. The van der Waals surface area contributed by atoms with Crippen LogP contribution < -0.4 is 20.9 Å². The molecule has 1 amide bonds. The molecule has 2 atom stereocenters. The summed E-state index contributed by atoms with van der Waals surface area (Å²) in [6.07, 6.45) is 1.98. The molecule has 2 fully saturated rings. The Balaban J connectivity index is 0.000000220. The highest BCUT2D eigenvalue weighted by molar-refractivity contribution is 5.85. The van der Waals surface area contributed by atoms with Crippen LogP contribution in [0.2, 0.25) is 0 Å². The van der Waals surface area contributed by atoms with Crippen LogP contribution in [0.25, 0.3) is 0 Å². The van der Waals surface area contributed by atoms with Gasteiger partial charge in [-0.15, -0.1) is 0 Å². The number of amides is 1. The van der Waals surface area contributed by atoms with Crippen molar-refractivity contribution in [3.05, 3.63) is 48.5 Å². The van der Waals surface area contributed by atoms with Crippen molar-refractivity contribution in [3.8, 4) is 0 Å². The molecule has 0 radical (unpaired) electrons. The molecule has 3 N–H and O–H groups in total. The van der Waals surface area contributed by atoms with E-state index >= 15 is 0 Å². The van der Waals surface area contributed by atoms with Gasteiger partial charge in [-0.25, -0.2) is 4.79 Å². The molecular weight excluding hydrogens is 464 g/mol. The molecule has 0 aromatic heterocycles. The number of anilines is 4. The molecule has 0 bridgehead atoms. The van der Waals surface area contributed by atoms with Gasteiger partial charge >= 0.3 is 6.09 Å². The van der Waals surface area contributed by atoms with Gasteiger partial charge < -0.3 is 30.1 Å². The largest absolute Gasteiger partial charge is 0.444 e. The number of rotatable bonds is 5. The number of hydrogen-bond donors (Lipinski definition) is 2. The highest BCUT2D eigenvalue weighted by atomic mass is 16.6. The summed E-state index contributed by atoms with van der Waals surface area (Å²) in [6, 6.07) is 17.3. The SMILES string of the molecule is CN(C)C1CCN(c2cccc(N)c2)C1.CN(C)C1CCN(c2cccc(NC(=O)OC(C)(C)C)c2)C1. The lowest BCUT2D eigenvalue weighted by molar-refractivity contribution is 0.0636. The minimum absolute atomic E-state index is 0.419. The van der Waals surface area contributed by atoms with Gasteiger partial charge in [0, 0.05) is 61.0 Å². The third-order valence-corrected chi connectivity index (χ3v) is 6.88. The molecular formula is C29H46N6O2. The van der Waals surface area contributed by atoms with E-state index in [9.17, 15) is 4.79 Å². The highest BCUT2D eigenvalue weighted by Crippen LogP contribution is 2.26. The predicted octanol–water partition coefficient (Wildman–Crippen LogP) is 4.58. The Labute approximate surface area is 223 Å². The maximum absolute atomic E-state index is 11.8. The first-order chi connectivity index (χ1) is 17.4. The van der Waals surface area contributed by atoms with Gasteiger partial charge in [-0.3, -0.25) is 5.32 Å². The zero-order chi connectivity index (χ0) is 27.2. The van der Waals surface area contributed by atoms with Crippen LogP contribution in [-0.4, -0.2) is 87.9 Å². The molecule has 37 heavy (non-hydrogen) atoms.